The lowest BCUT2D eigenvalue weighted by atomic mass is 10.1. The molecule has 0 aromatic heterocycles. The SMILES string of the molecule is COc1cc(CN2C(=O)c3ccccc3/C2=C\Cc2ccccc2)cc(OC)c1O. The first-order valence-electron chi connectivity index (χ1n) is 9.71. The van der Waals surface area contributed by atoms with E-state index < -0.39 is 0 Å². The Morgan fingerprint density at radius 3 is 2.10 bits per heavy atom. The van der Waals surface area contributed by atoms with Gasteiger partial charge in [0.2, 0.25) is 5.75 Å². The van der Waals surface area contributed by atoms with Gasteiger partial charge in [-0.15, -0.1) is 0 Å². The maximum atomic E-state index is 13.2. The van der Waals surface area contributed by atoms with Crippen molar-refractivity contribution in [3.8, 4) is 17.2 Å². The molecule has 0 fully saturated rings. The van der Waals surface area contributed by atoms with E-state index in [9.17, 15) is 9.90 Å². The van der Waals surface area contributed by atoms with Gasteiger partial charge in [0.1, 0.15) is 0 Å². The zero-order chi connectivity index (χ0) is 21.1. The number of fused-ring (bicyclic) bond motifs is 1. The summed E-state index contributed by atoms with van der Waals surface area (Å²) in [7, 11) is 2.97. The molecule has 3 aromatic rings. The maximum Gasteiger partial charge on any atom is 0.259 e. The molecule has 0 saturated heterocycles. The number of allylic oxidation sites excluding steroid dienone is 1. The van der Waals surface area contributed by atoms with Gasteiger partial charge < -0.3 is 19.5 Å². The molecule has 0 aliphatic carbocycles. The number of hydrogen-bond acceptors (Lipinski definition) is 4. The van der Waals surface area contributed by atoms with E-state index in [1.54, 1.807) is 17.0 Å². The number of phenols is 1. The van der Waals surface area contributed by atoms with Crippen LogP contribution in [0.3, 0.4) is 0 Å². The van der Waals surface area contributed by atoms with Gasteiger partial charge in [0.05, 0.1) is 20.8 Å². The molecule has 152 valence electrons. The topological polar surface area (TPSA) is 59.0 Å². The minimum atomic E-state index is -0.0559. The molecule has 4 rings (SSSR count). The van der Waals surface area contributed by atoms with Crippen molar-refractivity contribution in [2.45, 2.75) is 13.0 Å². The standard InChI is InChI=1S/C25H23NO4/c1-29-22-14-18(15-23(30-2)24(22)27)16-26-21(13-12-17-8-4-3-5-9-17)19-10-6-7-11-20(19)25(26)28/h3-11,13-15,27H,12,16H2,1-2H3/b21-13+. The molecule has 1 aliphatic heterocycles. The normalized spacial score (nSPS) is 14.1. The molecule has 30 heavy (non-hydrogen) atoms. The van der Waals surface area contributed by atoms with Crippen LogP contribution in [0.2, 0.25) is 0 Å². The first-order chi connectivity index (χ1) is 14.6. The van der Waals surface area contributed by atoms with E-state index in [4.69, 9.17) is 9.47 Å². The van der Waals surface area contributed by atoms with E-state index in [2.05, 4.69) is 18.2 Å². The van der Waals surface area contributed by atoms with Crippen LogP contribution in [-0.4, -0.2) is 30.1 Å². The highest BCUT2D eigenvalue weighted by Gasteiger charge is 2.32. The van der Waals surface area contributed by atoms with Crippen LogP contribution in [0, 0.1) is 0 Å². The van der Waals surface area contributed by atoms with Gasteiger partial charge in [-0.05, 0) is 35.7 Å². The van der Waals surface area contributed by atoms with Crippen molar-refractivity contribution >= 4 is 11.6 Å². The quantitative estimate of drug-likeness (QED) is 0.653. The number of ether oxygens (including phenoxy) is 2. The fraction of sp³-hybridized carbons (Fsp3) is 0.160. The van der Waals surface area contributed by atoms with E-state index in [-0.39, 0.29) is 11.7 Å². The van der Waals surface area contributed by atoms with Gasteiger partial charge >= 0.3 is 0 Å². The van der Waals surface area contributed by atoms with Gasteiger partial charge in [-0.1, -0.05) is 54.6 Å². The van der Waals surface area contributed by atoms with E-state index in [1.165, 1.54) is 19.8 Å². The number of methoxy groups -OCH3 is 2. The van der Waals surface area contributed by atoms with Crippen molar-refractivity contribution in [1.82, 2.24) is 4.90 Å². The summed E-state index contributed by atoms with van der Waals surface area (Å²) >= 11 is 0. The summed E-state index contributed by atoms with van der Waals surface area (Å²) in [5.74, 6) is 0.516. The minimum Gasteiger partial charge on any atom is -0.502 e. The largest absolute Gasteiger partial charge is 0.502 e. The third-order valence-electron chi connectivity index (χ3n) is 5.22. The molecule has 0 atom stereocenters. The number of benzene rings is 3. The fourth-order valence-corrected chi connectivity index (χ4v) is 3.72. The van der Waals surface area contributed by atoms with Crippen molar-refractivity contribution < 1.29 is 19.4 Å². The van der Waals surface area contributed by atoms with Crippen LogP contribution in [0.15, 0.2) is 72.8 Å². The van der Waals surface area contributed by atoms with Crippen LogP contribution in [0.1, 0.15) is 27.0 Å². The molecule has 5 nitrogen and oxygen atoms in total. The van der Waals surface area contributed by atoms with Crippen molar-refractivity contribution in [3.63, 3.8) is 0 Å². The summed E-state index contributed by atoms with van der Waals surface area (Å²) < 4.78 is 10.5. The monoisotopic (exact) mass is 401 g/mol. The lowest BCUT2D eigenvalue weighted by molar-refractivity contribution is 0.0842. The fourth-order valence-electron chi connectivity index (χ4n) is 3.72. The Balaban J connectivity index is 1.71. The average Bonchev–Trinajstić information content (AvgIpc) is 3.05. The number of phenolic OH excluding ortho intramolecular Hbond substituents is 1. The second-order valence-corrected chi connectivity index (χ2v) is 7.06. The van der Waals surface area contributed by atoms with E-state index in [0.717, 1.165) is 23.2 Å². The Kier molecular flexibility index (Phi) is 5.44. The number of carbonyl (C=O) groups is 1. The van der Waals surface area contributed by atoms with Crippen molar-refractivity contribution in [1.29, 1.82) is 0 Å². The van der Waals surface area contributed by atoms with Gasteiger partial charge in [0.25, 0.3) is 5.91 Å². The van der Waals surface area contributed by atoms with Crippen LogP contribution in [0.5, 0.6) is 17.2 Å². The zero-order valence-electron chi connectivity index (χ0n) is 17.0. The molecular weight excluding hydrogens is 378 g/mol. The average molecular weight is 401 g/mol. The van der Waals surface area contributed by atoms with Gasteiger partial charge in [-0.2, -0.15) is 0 Å². The number of rotatable bonds is 6. The first kappa shape index (κ1) is 19.6. The minimum absolute atomic E-state index is 0.0454. The molecule has 1 heterocycles. The van der Waals surface area contributed by atoms with E-state index in [0.29, 0.717) is 23.6 Å². The molecule has 5 heteroatoms. The number of amides is 1. The van der Waals surface area contributed by atoms with Crippen molar-refractivity contribution in [3.05, 3.63) is 95.1 Å². The molecule has 1 N–H and O–H groups in total. The highest BCUT2D eigenvalue weighted by Crippen LogP contribution is 2.39. The summed E-state index contributed by atoms with van der Waals surface area (Å²) in [5.41, 5.74) is 4.47. The van der Waals surface area contributed by atoms with Crippen LogP contribution in [0.25, 0.3) is 5.70 Å². The van der Waals surface area contributed by atoms with Crippen LogP contribution in [-0.2, 0) is 13.0 Å². The third-order valence-corrected chi connectivity index (χ3v) is 5.22. The molecule has 0 unspecified atom stereocenters. The summed E-state index contributed by atoms with van der Waals surface area (Å²) in [6.45, 7) is 0.334. The summed E-state index contributed by atoms with van der Waals surface area (Å²) in [6.07, 6.45) is 2.81. The molecular formula is C25H23NO4. The Morgan fingerprint density at radius 2 is 1.47 bits per heavy atom. The van der Waals surface area contributed by atoms with Crippen molar-refractivity contribution in [2.24, 2.45) is 0 Å². The summed E-state index contributed by atoms with van der Waals surface area (Å²) in [6, 6.07) is 21.2. The number of aromatic hydroxyl groups is 1. The lowest BCUT2D eigenvalue weighted by Gasteiger charge is -2.20. The summed E-state index contributed by atoms with van der Waals surface area (Å²) in [4.78, 5) is 14.9. The number of carbonyl (C=O) groups excluding carboxylic acids is 1. The molecule has 0 bridgehead atoms. The first-order valence-corrected chi connectivity index (χ1v) is 9.71. The lowest BCUT2D eigenvalue weighted by Crippen LogP contribution is -2.22. The van der Waals surface area contributed by atoms with Gasteiger partial charge in [0, 0.05) is 16.8 Å². The second kappa shape index (κ2) is 8.33. The molecule has 0 spiro atoms. The Morgan fingerprint density at radius 1 is 0.867 bits per heavy atom. The molecule has 0 radical (unpaired) electrons. The smallest absolute Gasteiger partial charge is 0.259 e. The van der Waals surface area contributed by atoms with Gasteiger partial charge in [0.15, 0.2) is 11.5 Å². The Hall–Kier alpha value is -3.73. The molecule has 1 amide bonds. The highest BCUT2D eigenvalue weighted by molar-refractivity contribution is 6.09. The van der Waals surface area contributed by atoms with E-state index in [1.807, 2.05) is 42.5 Å². The number of hydrogen-bond donors (Lipinski definition) is 1. The Bertz CT molecular complexity index is 1080. The summed E-state index contributed by atoms with van der Waals surface area (Å²) in [5, 5.41) is 10.2. The second-order valence-electron chi connectivity index (χ2n) is 7.06. The highest BCUT2D eigenvalue weighted by atomic mass is 16.5. The zero-order valence-corrected chi connectivity index (χ0v) is 17.0. The third kappa shape index (κ3) is 3.62. The van der Waals surface area contributed by atoms with Gasteiger partial charge in [-0.25, -0.2) is 0 Å². The van der Waals surface area contributed by atoms with Gasteiger partial charge in [-0.3, -0.25) is 4.79 Å². The van der Waals surface area contributed by atoms with Crippen LogP contribution < -0.4 is 9.47 Å². The molecule has 3 aromatic carbocycles. The van der Waals surface area contributed by atoms with Crippen LogP contribution in [0.4, 0.5) is 0 Å². The molecule has 1 aliphatic rings. The maximum absolute atomic E-state index is 13.2. The number of nitrogens with zero attached hydrogens (tertiary/aromatic N) is 1. The predicted molar refractivity (Wildman–Crippen MR) is 116 cm³/mol. The van der Waals surface area contributed by atoms with Crippen molar-refractivity contribution in [2.75, 3.05) is 14.2 Å². The predicted octanol–water partition coefficient (Wildman–Crippen LogP) is 4.65. The van der Waals surface area contributed by atoms with E-state index >= 15 is 0 Å². The Labute approximate surface area is 175 Å². The van der Waals surface area contributed by atoms with Crippen LogP contribution >= 0.6 is 0 Å². The molecule has 0 saturated carbocycles.